The van der Waals surface area contributed by atoms with Gasteiger partial charge in [-0.3, -0.25) is 4.79 Å². The Morgan fingerprint density at radius 2 is 1.84 bits per heavy atom. The molecule has 148 valence electrons. The van der Waals surface area contributed by atoms with Gasteiger partial charge in [-0.1, -0.05) is 0 Å². The Hall–Kier alpha value is -0.770. The molecule has 0 bridgehead atoms. The van der Waals surface area contributed by atoms with Crippen LogP contribution in [-0.4, -0.2) is 83.2 Å². The highest BCUT2D eigenvalue weighted by Gasteiger charge is 2.51. The smallest absolute Gasteiger partial charge is 0.304 e. The average Bonchev–Trinajstić information content (AvgIpc) is 2.49. The van der Waals surface area contributed by atoms with Gasteiger partial charge in [-0.05, 0) is 34.6 Å². The first-order valence-corrected chi connectivity index (χ1v) is 8.55. The zero-order valence-corrected chi connectivity index (χ0v) is 16.0. The lowest BCUT2D eigenvalue weighted by Crippen LogP contribution is -2.69. The van der Waals surface area contributed by atoms with E-state index in [0.717, 1.165) is 0 Å². The molecule has 0 aromatic heterocycles. The van der Waals surface area contributed by atoms with Crippen molar-refractivity contribution in [3.63, 3.8) is 0 Å². The van der Waals surface area contributed by atoms with Crippen LogP contribution in [0.15, 0.2) is 0 Å². The highest BCUT2D eigenvalue weighted by atomic mass is 16.6. The first kappa shape index (κ1) is 22.3. The van der Waals surface area contributed by atoms with Crippen LogP contribution < -0.4 is 5.32 Å². The van der Waals surface area contributed by atoms with Gasteiger partial charge in [0.25, 0.3) is 0 Å². The van der Waals surface area contributed by atoms with Crippen LogP contribution in [0.2, 0.25) is 0 Å². The Balaban J connectivity index is 3.06. The van der Waals surface area contributed by atoms with Crippen LogP contribution in [0.3, 0.4) is 0 Å². The van der Waals surface area contributed by atoms with Crippen molar-refractivity contribution in [1.82, 2.24) is 5.32 Å². The van der Waals surface area contributed by atoms with Crippen LogP contribution in [0, 0.1) is 0 Å². The van der Waals surface area contributed by atoms with Gasteiger partial charge in [0, 0.05) is 13.7 Å². The molecule has 4 N–H and O–H groups in total. The average molecular weight is 363 g/mol. The molecule has 5 atom stereocenters. The number of aliphatic carboxylic acids is 1. The Bertz CT molecular complexity index is 435. The normalized spacial score (nSPS) is 31.1. The summed E-state index contributed by atoms with van der Waals surface area (Å²) in [5.74, 6) is -0.933. The van der Waals surface area contributed by atoms with E-state index in [0.29, 0.717) is 0 Å². The Morgan fingerprint density at radius 1 is 1.24 bits per heavy atom. The molecule has 0 radical (unpaired) electrons. The summed E-state index contributed by atoms with van der Waals surface area (Å²) >= 11 is 0. The number of carbonyl (C=O) groups is 1. The van der Waals surface area contributed by atoms with Gasteiger partial charge in [0.05, 0.1) is 30.3 Å². The summed E-state index contributed by atoms with van der Waals surface area (Å²) < 4.78 is 17.4. The van der Waals surface area contributed by atoms with Crippen LogP contribution in [0.5, 0.6) is 0 Å². The molecule has 0 aliphatic carbocycles. The number of aliphatic hydroxyl groups excluding tert-OH is 2. The second kappa shape index (κ2) is 8.75. The fourth-order valence-electron chi connectivity index (χ4n) is 2.94. The molecule has 5 unspecified atom stereocenters. The number of carboxylic acid groups (broad SMARTS) is 1. The maximum Gasteiger partial charge on any atom is 0.304 e. The second-order valence-electron chi connectivity index (χ2n) is 7.89. The van der Waals surface area contributed by atoms with Crippen LogP contribution >= 0.6 is 0 Å². The summed E-state index contributed by atoms with van der Waals surface area (Å²) in [6.45, 7) is 9.05. The van der Waals surface area contributed by atoms with Gasteiger partial charge >= 0.3 is 5.97 Å². The van der Waals surface area contributed by atoms with E-state index in [1.165, 1.54) is 7.11 Å². The minimum atomic E-state index is -1.00. The van der Waals surface area contributed by atoms with Crippen LogP contribution in [0.4, 0.5) is 0 Å². The van der Waals surface area contributed by atoms with Crippen molar-refractivity contribution in [2.45, 2.75) is 82.7 Å². The Labute approximate surface area is 149 Å². The van der Waals surface area contributed by atoms with Crippen LogP contribution in [0.1, 0.15) is 41.0 Å². The number of methoxy groups -OCH3 is 1. The standard InChI is InChI=1S/C17H33NO7/c1-16(2,3)25-14-10(9-19)24-15(17(4,5)23-6)12(13(14)22)18-8-7-11(20)21/h10,12-15,18-19,22H,7-9H2,1-6H3,(H,20,21). The molecule has 8 nitrogen and oxygen atoms in total. The molecule has 0 aromatic rings. The molecular formula is C17H33NO7. The van der Waals surface area contributed by atoms with Crippen LogP contribution in [0.25, 0.3) is 0 Å². The predicted molar refractivity (Wildman–Crippen MR) is 91.5 cm³/mol. The van der Waals surface area contributed by atoms with Gasteiger partial charge in [-0.25, -0.2) is 0 Å². The lowest BCUT2D eigenvalue weighted by atomic mass is 9.84. The van der Waals surface area contributed by atoms with Gasteiger partial charge in [0.2, 0.25) is 0 Å². The molecule has 8 heteroatoms. The SMILES string of the molecule is COC(C)(C)C1OC(CO)C(OC(C)(C)C)C(O)C1NCCC(=O)O. The van der Waals surface area contributed by atoms with E-state index in [1.54, 1.807) is 0 Å². The minimum absolute atomic E-state index is 0.0857. The van der Waals surface area contributed by atoms with Crippen LogP contribution in [-0.2, 0) is 19.0 Å². The monoisotopic (exact) mass is 363 g/mol. The highest BCUT2D eigenvalue weighted by molar-refractivity contribution is 5.66. The summed E-state index contributed by atoms with van der Waals surface area (Å²) in [5.41, 5.74) is -1.31. The Kier molecular flexibility index (Phi) is 7.79. The van der Waals surface area contributed by atoms with E-state index in [-0.39, 0.29) is 19.6 Å². The molecule has 1 heterocycles. The lowest BCUT2D eigenvalue weighted by Gasteiger charge is -2.50. The molecule has 1 rings (SSSR count). The maximum atomic E-state index is 10.9. The molecular weight excluding hydrogens is 330 g/mol. The lowest BCUT2D eigenvalue weighted by molar-refractivity contribution is -0.264. The number of aliphatic hydroxyl groups is 2. The van der Waals surface area contributed by atoms with Crippen molar-refractivity contribution in [3.8, 4) is 0 Å². The van der Waals surface area contributed by atoms with Crippen molar-refractivity contribution in [3.05, 3.63) is 0 Å². The second-order valence-corrected chi connectivity index (χ2v) is 7.89. The first-order valence-electron chi connectivity index (χ1n) is 8.55. The molecule has 0 saturated carbocycles. The van der Waals surface area contributed by atoms with Crippen molar-refractivity contribution < 1.29 is 34.3 Å². The molecule has 25 heavy (non-hydrogen) atoms. The molecule has 1 saturated heterocycles. The zero-order chi connectivity index (χ0) is 19.4. The van der Waals surface area contributed by atoms with Gasteiger partial charge in [-0.2, -0.15) is 0 Å². The van der Waals surface area contributed by atoms with Crippen molar-refractivity contribution in [2.24, 2.45) is 0 Å². The van der Waals surface area contributed by atoms with Crippen molar-refractivity contribution in [2.75, 3.05) is 20.3 Å². The number of hydrogen-bond donors (Lipinski definition) is 4. The van der Waals surface area contributed by atoms with Gasteiger partial charge in [0.15, 0.2) is 0 Å². The summed E-state index contributed by atoms with van der Waals surface area (Å²) in [6.07, 6.45) is -3.16. The molecule has 0 spiro atoms. The largest absolute Gasteiger partial charge is 0.481 e. The zero-order valence-electron chi connectivity index (χ0n) is 16.0. The third kappa shape index (κ3) is 6.16. The molecule has 0 aromatic carbocycles. The van der Waals surface area contributed by atoms with E-state index in [9.17, 15) is 15.0 Å². The quantitative estimate of drug-likeness (QED) is 0.481. The molecule has 1 fully saturated rings. The first-order chi connectivity index (χ1) is 11.4. The number of carboxylic acids is 1. The third-order valence-electron chi connectivity index (χ3n) is 4.32. The summed E-state index contributed by atoms with van der Waals surface area (Å²) in [7, 11) is 1.54. The van der Waals surface area contributed by atoms with Gasteiger partial charge in [0.1, 0.15) is 24.4 Å². The summed E-state index contributed by atoms with van der Waals surface area (Å²) in [5, 5.41) is 32.5. The van der Waals surface area contributed by atoms with E-state index >= 15 is 0 Å². The number of nitrogens with one attached hydrogen (secondary N) is 1. The van der Waals surface area contributed by atoms with E-state index in [4.69, 9.17) is 19.3 Å². The fraction of sp³-hybridized carbons (Fsp3) is 0.941. The van der Waals surface area contributed by atoms with Crippen molar-refractivity contribution in [1.29, 1.82) is 0 Å². The molecule has 1 aliphatic heterocycles. The maximum absolute atomic E-state index is 10.9. The van der Waals surface area contributed by atoms with Crippen molar-refractivity contribution >= 4 is 5.97 Å². The third-order valence-corrected chi connectivity index (χ3v) is 4.32. The molecule has 0 amide bonds. The summed E-state index contributed by atoms with van der Waals surface area (Å²) in [6, 6.07) is -0.607. The molecule has 1 aliphatic rings. The minimum Gasteiger partial charge on any atom is -0.481 e. The number of hydrogen-bond acceptors (Lipinski definition) is 7. The predicted octanol–water partition coefficient (Wildman–Crippen LogP) is 0.149. The summed E-state index contributed by atoms with van der Waals surface area (Å²) in [4.78, 5) is 10.8. The van der Waals surface area contributed by atoms with E-state index in [2.05, 4.69) is 5.32 Å². The Morgan fingerprint density at radius 3 is 2.28 bits per heavy atom. The highest BCUT2D eigenvalue weighted by Crippen LogP contribution is 2.33. The van der Waals surface area contributed by atoms with Gasteiger partial charge in [-0.15, -0.1) is 0 Å². The number of rotatable bonds is 8. The number of ether oxygens (including phenoxy) is 3. The van der Waals surface area contributed by atoms with E-state index < -0.39 is 47.6 Å². The van der Waals surface area contributed by atoms with E-state index in [1.807, 2.05) is 34.6 Å². The fourth-order valence-corrected chi connectivity index (χ4v) is 2.94. The van der Waals surface area contributed by atoms with Gasteiger partial charge < -0.3 is 34.8 Å². The topological polar surface area (TPSA) is 117 Å².